The minimum atomic E-state index is -0.910. The Balaban J connectivity index is 2.09. The van der Waals surface area contributed by atoms with Gasteiger partial charge in [-0.1, -0.05) is 30.3 Å². The number of aryl methyl sites for hydroxylation is 1. The first kappa shape index (κ1) is 16.5. The second-order valence-corrected chi connectivity index (χ2v) is 5.32. The molecule has 0 saturated carbocycles. The number of hydrogen-bond donors (Lipinski definition) is 1. The number of carbonyl (C=O) groups is 2. The number of carbonyl (C=O) groups excluding carboxylic acids is 2. The quantitative estimate of drug-likeness (QED) is 0.696. The van der Waals surface area contributed by atoms with Crippen LogP contribution < -0.4 is 10.6 Å². The molecule has 0 heterocycles. The van der Waals surface area contributed by atoms with Crippen LogP contribution >= 0.6 is 0 Å². The number of anilines is 2. The van der Waals surface area contributed by atoms with Crippen LogP contribution in [0.25, 0.3) is 0 Å². The molecule has 2 aromatic rings. The first-order chi connectivity index (χ1) is 10.9. The number of likely N-dealkylation sites (N-methyl/N-ethyl adjacent to an activating group) is 1. The lowest BCUT2D eigenvalue weighted by Crippen LogP contribution is -2.37. The number of nitrogens with zero attached hydrogens (tertiary/aromatic N) is 1. The Morgan fingerprint density at radius 3 is 2.39 bits per heavy atom. The van der Waals surface area contributed by atoms with Crippen molar-refractivity contribution in [2.75, 3.05) is 17.7 Å². The standard InChI is InChI=1S/C18H20N2O3/c1-12-8-7-11-15(16(12)19)18(22)23-13(2)17(21)20(3)14-9-5-4-6-10-14/h4-11,13H,19H2,1-3H3. The second-order valence-electron chi connectivity index (χ2n) is 5.32. The number of hydrogen-bond acceptors (Lipinski definition) is 4. The lowest BCUT2D eigenvalue weighted by atomic mass is 10.1. The first-order valence-electron chi connectivity index (χ1n) is 7.30. The zero-order valence-electron chi connectivity index (χ0n) is 13.4. The Morgan fingerprint density at radius 1 is 1.09 bits per heavy atom. The van der Waals surface area contributed by atoms with E-state index in [9.17, 15) is 9.59 Å². The van der Waals surface area contributed by atoms with Crippen LogP contribution in [-0.4, -0.2) is 25.0 Å². The minimum absolute atomic E-state index is 0.270. The molecular weight excluding hydrogens is 292 g/mol. The van der Waals surface area contributed by atoms with Crippen LogP contribution in [0, 0.1) is 6.92 Å². The van der Waals surface area contributed by atoms with Crippen LogP contribution in [0.2, 0.25) is 0 Å². The van der Waals surface area contributed by atoms with Gasteiger partial charge in [-0.25, -0.2) is 4.79 Å². The molecule has 1 unspecified atom stereocenters. The van der Waals surface area contributed by atoms with Crippen molar-refractivity contribution in [2.45, 2.75) is 20.0 Å². The van der Waals surface area contributed by atoms with E-state index in [0.717, 1.165) is 11.3 Å². The van der Waals surface area contributed by atoms with Crippen LogP contribution in [0.15, 0.2) is 48.5 Å². The van der Waals surface area contributed by atoms with E-state index in [4.69, 9.17) is 10.5 Å². The van der Waals surface area contributed by atoms with E-state index in [0.29, 0.717) is 5.69 Å². The van der Waals surface area contributed by atoms with Crippen LogP contribution in [0.5, 0.6) is 0 Å². The van der Waals surface area contributed by atoms with Crippen molar-refractivity contribution in [3.8, 4) is 0 Å². The summed E-state index contributed by atoms with van der Waals surface area (Å²) < 4.78 is 5.27. The third-order valence-corrected chi connectivity index (χ3v) is 3.65. The molecule has 5 heteroatoms. The fourth-order valence-electron chi connectivity index (χ4n) is 2.18. The van der Waals surface area contributed by atoms with Gasteiger partial charge in [-0.05, 0) is 37.6 Å². The highest BCUT2D eigenvalue weighted by Crippen LogP contribution is 2.19. The Morgan fingerprint density at radius 2 is 1.74 bits per heavy atom. The lowest BCUT2D eigenvalue weighted by Gasteiger charge is -2.21. The maximum atomic E-state index is 12.4. The van der Waals surface area contributed by atoms with E-state index in [-0.39, 0.29) is 11.5 Å². The number of esters is 1. The molecule has 1 atom stereocenters. The number of nitrogen functional groups attached to an aromatic ring is 1. The fourth-order valence-corrected chi connectivity index (χ4v) is 2.18. The predicted octanol–water partition coefficient (Wildman–Crippen LogP) is 2.79. The summed E-state index contributed by atoms with van der Waals surface area (Å²) in [6, 6.07) is 14.3. The van der Waals surface area contributed by atoms with Crippen molar-refractivity contribution < 1.29 is 14.3 Å². The van der Waals surface area contributed by atoms with E-state index >= 15 is 0 Å². The largest absolute Gasteiger partial charge is 0.449 e. The van der Waals surface area contributed by atoms with Gasteiger partial charge in [-0.15, -0.1) is 0 Å². The highest BCUT2D eigenvalue weighted by atomic mass is 16.5. The van der Waals surface area contributed by atoms with Crippen molar-refractivity contribution in [1.82, 2.24) is 0 Å². The summed E-state index contributed by atoms with van der Waals surface area (Å²) in [4.78, 5) is 26.1. The summed E-state index contributed by atoms with van der Waals surface area (Å²) in [7, 11) is 1.64. The molecule has 0 radical (unpaired) electrons. The second kappa shape index (κ2) is 6.96. The molecule has 2 aromatic carbocycles. The molecule has 2 N–H and O–H groups in total. The first-order valence-corrected chi connectivity index (χ1v) is 7.30. The molecule has 0 bridgehead atoms. The van der Waals surface area contributed by atoms with Gasteiger partial charge >= 0.3 is 5.97 Å². The summed E-state index contributed by atoms with van der Waals surface area (Å²) in [6.07, 6.45) is -0.910. The summed E-state index contributed by atoms with van der Waals surface area (Å²) >= 11 is 0. The van der Waals surface area contributed by atoms with E-state index in [1.54, 1.807) is 26.1 Å². The van der Waals surface area contributed by atoms with E-state index in [1.165, 1.54) is 4.90 Å². The summed E-state index contributed by atoms with van der Waals surface area (Å²) in [6.45, 7) is 3.36. The summed E-state index contributed by atoms with van der Waals surface area (Å²) in [5.74, 6) is -0.913. The molecule has 1 amide bonds. The SMILES string of the molecule is Cc1cccc(C(=O)OC(C)C(=O)N(C)c2ccccc2)c1N. The molecule has 0 spiro atoms. The van der Waals surface area contributed by atoms with Crippen molar-refractivity contribution in [3.63, 3.8) is 0 Å². The normalized spacial score (nSPS) is 11.6. The summed E-state index contributed by atoms with van der Waals surface area (Å²) in [5.41, 5.74) is 8.05. The molecular formula is C18H20N2O3. The van der Waals surface area contributed by atoms with E-state index in [2.05, 4.69) is 0 Å². The highest BCUT2D eigenvalue weighted by molar-refractivity contribution is 6.00. The lowest BCUT2D eigenvalue weighted by molar-refractivity contribution is -0.126. The maximum Gasteiger partial charge on any atom is 0.341 e. The zero-order chi connectivity index (χ0) is 17.0. The van der Waals surface area contributed by atoms with E-state index in [1.807, 2.05) is 43.3 Å². The van der Waals surface area contributed by atoms with Gasteiger partial charge in [0.2, 0.25) is 0 Å². The molecule has 0 saturated heterocycles. The average Bonchev–Trinajstić information content (AvgIpc) is 2.56. The van der Waals surface area contributed by atoms with Gasteiger partial charge in [0.15, 0.2) is 6.10 Å². The number of ether oxygens (including phenoxy) is 1. The van der Waals surface area contributed by atoms with Crippen molar-refractivity contribution in [1.29, 1.82) is 0 Å². The minimum Gasteiger partial charge on any atom is -0.449 e. The topological polar surface area (TPSA) is 72.6 Å². The Hall–Kier alpha value is -2.82. The number of rotatable bonds is 4. The summed E-state index contributed by atoms with van der Waals surface area (Å²) in [5, 5.41) is 0. The molecule has 120 valence electrons. The van der Waals surface area contributed by atoms with Crippen molar-refractivity contribution in [3.05, 3.63) is 59.7 Å². The van der Waals surface area contributed by atoms with Gasteiger partial charge in [0.05, 0.1) is 5.56 Å². The fraction of sp³-hybridized carbons (Fsp3) is 0.222. The van der Waals surface area contributed by atoms with Gasteiger partial charge in [0, 0.05) is 18.4 Å². The molecule has 0 fully saturated rings. The number of benzene rings is 2. The Labute approximate surface area is 135 Å². The molecule has 2 rings (SSSR count). The molecule has 0 aliphatic heterocycles. The Bertz CT molecular complexity index is 713. The Kier molecular flexibility index (Phi) is 5.01. The molecule has 23 heavy (non-hydrogen) atoms. The number of para-hydroxylation sites is 2. The van der Waals surface area contributed by atoms with Gasteiger partial charge in [-0.3, -0.25) is 4.79 Å². The van der Waals surface area contributed by atoms with Gasteiger partial charge in [0.1, 0.15) is 0 Å². The van der Waals surface area contributed by atoms with Crippen LogP contribution in [-0.2, 0) is 9.53 Å². The van der Waals surface area contributed by atoms with E-state index < -0.39 is 12.1 Å². The molecule has 0 aromatic heterocycles. The maximum absolute atomic E-state index is 12.4. The van der Waals surface area contributed by atoms with Crippen molar-refractivity contribution in [2.24, 2.45) is 0 Å². The highest BCUT2D eigenvalue weighted by Gasteiger charge is 2.24. The average molecular weight is 312 g/mol. The van der Waals surface area contributed by atoms with Gasteiger partial charge < -0.3 is 15.4 Å². The van der Waals surface area contributed by atoms with Crippen LogP contribution in [0.3, 0.4) is 0 Å². The van der Waals surface area contributed by atoms with Crippen molar-refractivity contribution >= 4 is 23.3 Å². The third kappa shape index (κ3) is 3.69. The van der Waals surface area contributed by atoms with Gasteiger partial charge in [-0.2, -0.15) is 0 Å². The zero-order valence-corrected chi connectivity index (χ0v) is 13.4. The molecule has 0 aliphatic carbocycles. The van der Waals surface area contributed by atoms with Crippen LogP contribution in [0.1, 0.15) is 22.8 Å². The predicted molar refractivity (Wildman–Crippen MR) is 90.3 cm³/mol. The monoisotopic (exact) mass is 312 g/mol. The smallest absolute Gasteiger partial charge is 0.341 e. The van der Waals surface area contributed by atoms with Gasteiger partial charge in [0.25, 0.3) is 5.91 Å². The molecule has 5 nitrogen and oxygen atoms in total. The molecule has 0 aliphatic rings. The number of amides is 1. The van der Waals surface area contributed by atoms with Crippen LogP contribution in [0.4, 0.5) is 11.4 Å². The number of nitrogens with two attached hydrogens (primary N) is 1. The third-order valence-electron chi connectivity index (χ3n) is 3.65.